The number of halogens is 2. The van der Waals surface area contributed by atoms with Crippen LogP contribution in [0.4, 0.5) is 20.2 Å². The Bertz CT molecular complexity index is 1630. The van der Waals surface area contributed by atoms with E-state index in [1.165, 1.54) is 41.7 Å². The number of hydrogen-bond acceptors (Lipinski definition) is 6. The summed E-state index contributed by atoms with van der Waals surface area (Å²) in [6, 6.07) is 10.3. The van der Waals surface area contributed by atoms with Crippen molar-refractivity contribution in [2.24, 2.45) is 14.1 Å². The summed E-state index contributed by atoms with van der Waals surface area (Å²) in [6.45, 7) is 5.15. The van der Waals surface area contributed by atoms with Gasteiger partial charge in [0.1, 0.15) is 17.7 Å². The van der Waals surface area contributed by atoms with Crippen LogP contribution in [-0.2, 0) is 25.4 Å². The number of rotatable bonds is 6. The first-order chi connectivity index (χ1) is 18.6. The number of hydrogen-bond donors (Lipinski definition) is 1. The first-order valence-electron chi connectivity index (χ1n) is 12.6. The molecule has 4 aromatic rings. The fourth-order valence-corrected chi connectivity index (χ4v) is 4.91. The summed E-state index contributed by atoms with van der Waals surface area (Å²) < 4.78 is 30.7. The SMILES string of the molecule is CC(C(=O)Nc1ccc(N2CCN(Cc3cc(F)cc(F)c3)CC2)cc1)n1cnc2c1c(=O)n(C)c(=O)n2C. The summed E-state index contributed by atoms with van der Waals surface area (Å²) >= 11 is 0. The molecule has 1 unspecified atom stereocenters. The van der Waals surface area contributed by atoms with Crippen LogP contribution in [0.2, 0.25) is 0 Å². The molecule has 0 radical (unpaired) electrons. The zero-order valence-electron chi connectivity index (χ0n) is 21.9. The molecule has 1 aliphatic rings. The number of anilines is 2. The maximum Gasteiger partial charge on any atom is 0.332 e. The minimum Gasteiger partial charge on any atom is -0.369 e. The molecule has 2 aromatic carbocycles. The number of nitrogens with one attached hydrogen (secondary N) is 1. The highest BCUT2D eigenvalue weighted by Crippen LogP contribution is 2.22. The van der Waals surface area contributed by atoms with E-state index >= 15 is 0 Å². The number of nitrogens with zero attached hydrogens (tertiary/aromatic N) is 6. The first kappa shape index (κ1) is 26.3. The Hall–Kier alpha value is -4.32. The Balaban J connectivity index is 1.21. The van der Waals surface area contributed by atoms with Gasteiger partial charge in [-0.1, -0.05) is 0 Å². The van der Waals surface area contributed by atoms with E-state index in [0.717, 1.165) is 42.5 Å². The number of aryl methyl sites for hydroxylation is 1. The second-order valence-electron chi connectivity index (χ2n) is 9.78. The van der Waals surface area contributed by atoms with E-state index in [9.17, 15) is 23.2 Å². The van der Waals surface area contributed by atoms with Crippen LogP contribution in [0.1, 0.15) is 18.5 Å². The third kappa shape index (κ3) is 5.19. The molecule has 3 heterocycles. The maximum atomic E-state index is 13.5. The third-order valence-corrected chi connectivity index (χ3v) is 7.17. The quantitative estimate of drug-likeness (QED) is 0.405. The Morgan fingerprint density at radius 2 is 1.62 bits per heavy atom. The van der Waals surface area contributed by atoms with Gasteiger partial charge in [0, 0.05) is 64.3 Å². The largest absolute Gasteiger partial charge is 0.369 e. The smallest absolute Gasteiger partial charge is 0.332 e. The molecule has 0 saturated carbocycles. The van der Waals surface area contributed by atoms with Gasteiger partial charge in [0.25, 0.3) is 5.56 Å². The molecule has 0 bridgehead atoms. The number of benzene rings is 2. The molecule has 1 amide bonds. The molecule has 204 valence electrons. The highest BCUT2D eigenvalue weighted by molar-refractivity contribution is 5.94. The standard InChI is InChI=1S/C27H29F2N7O3/c1-17(36-16-30-24-23(36)26(38)33(3)27(39)32(24)2)25(37)31-21-4-6-22(7-5-21)35-10-8-34(9-11-35)15-18-12-19(28)14-20(29)13-18/h4-7,12-14,16-17H,8-11,15H2,1-3H3,(H,31,37). The molecular formula is C27H29F2N7O3. The van der Waals surface area contributed by atoms with E-state index in [-0.39, 0.29) is 17.1 Å². The summed E-state index contributed by atoms with van der Waals surface area (Å²) in [5.74, 6) is -1.47. The number of imidazole rings is 1. The van der Waals surface area contributed by atoms with Gasteiger partial charge in [0.15, 0.2) is 11.2 Å². The maximum absolute atomic E-state index is 13.5. The number of amides is 1. The number of fused-ring (bicyclic) bond motifs is 1. The lowest BCUT2D eigenvalue weighted by atomic mass is 10.1. The van der Waals surface area contributed by atoms with E-state index in [0.29, 0.717) is 17.8 Å². The average Bonchev–Trinajstić information content (AvgIpc) is 3.36. The fraction of sp³-hybridized carbons (Fsp3) is 0.333. The predicted molar refractivity (Wildman–Crippen MR) is 144 cm³/mol. The number of carbonyl (C=O) groups excluding carboxylic acids is 1. The average molecular weight is 538 g/mol. The van der Waals surface area contributed by atoms with Gasteiger partial charge in [-0.15, -0.1) is 0 Å². The van der Waals surface area contributed by atoms with Crippen molar-refractivity contribution in [2.45, 2.75) is 19.5 Å². The van der Waals surface area contributed by atoms with Gasteiger partial charge in [0.2, 0.25) is 5.91 Å². The van der Waals surface area contributed by atoms with Crippen LogP contribution in [0.25, 0.3) is 11.2 Å². The van der Waals surface area contributed by atoms with Crippen LogP contribution in [0.5, 0.6) is 0 Å². The Morgan fingerprint density at radius 1 is 0.974 bits per heavy atom. The molecule has 1 fully saturated rings. The summed E-state index contributed by atoms with van der Waals surface area (Å²) in [4.78, 5) is 46.5. The van der Waals surface area contributed by atoms with Crippen molar-refractivity contribution in [3.63, 3.8) is 0 Å². The molecule has 0 aliphatic carbocycles. The van der Waals surface area contributed by atoms with Gasteiger partial charge >= 0.3 is 5.69 Å². The molecule has 5 rings (SSSR count). The topological polar surface area (TPSA) is 97.4 Å². The van der Waals surface area contributed by atoms with E-state index in [2.05, 4.69) is 20.1 Å². The van der Waals surface area contributed by atoms with Crippen molar-refractivity contribution in [2.75, 3.05) is 36.4 Å². The minimum absolute atomic E-state index is 0.180. The second kappa shape index (κ2) is 10.4. The summed E-state index contributed by atoms with van der Waals surface area (Å²) in [7, 11) is 2.91. The Morgan fingerprint density at radius 3 is 2.26 bits per heavy atom. The molecule has 1 N–H and O–H groups in total. The van der Waals surface area contributed by atoms with Crippen molar-refractivity contribution in [1.29, 1.82) is 0 Å². The zero-order chi connectivity index (χ0) is 27.8. The monoisotopic (exact) mass is 537 g/mol. The van der Waals surface area contributed by atoms with Crippen molar-refractivity contribution < 1.29 is 13.6 Å². The molecule has 39 heavy (non-hydrogen) atoms. The zero-order valence-corrected chi connectivity index (χ0v) is 21.9. The van der Waals surface area contributed by atoms with Gasteiger partial charge in [-0.05, 0) is 48.9 Å². The normalized spacial score (nSPS) is 15.1. The highest BCUT2D eigenvalue weighted by Gasteiger charge is 2.22. The van der Waals surface area contributed by atoms with E-state index < -0.39 is 28.9 Å². The van der Waals surface area contributed by atoms with Gasteiger partial charge in [-0.25, -0.2) is 18.6 Å². The summed E-state index contributed by atoms with van der Waals surface area (Å²) in [5.41, 5.74) is 1.61. The second-order valence-corrected chi connectivity index (χ2v) is 9.78. The molecule has 2 aromatic heterocycles. The molecule has 12 heteroatoms. The lowest BCUT2D eigenvalue weighted by molar-refractivity contribution is -0.118. The Labute approximate surface area is 222 Å². The van der Waals surface area contributed by atoms with E-state index in [1.54, 1.807) is 6.92 Å². The van der Waals surface area contributed by atoms with Gasteiger partial charge in [-0.3, -0.25) is 23.6 Å². The van der Waals surface area contributed by atoms with Crippen LogP contribution in [0.3, 0.4) is 0 Å². The number of aromatic nitrogens is 4. The molecule has 1 atom stereocenters. The van der Waals surface area contributed by atoms with Crippen LogP contribution < -0.4 is 21.5 Å². The van der Waals surface area contributed by atoms with Crippen LogP contribution in [-0.4, -0.2) is 55.7 Å². The van der Waals surface area contributed by atoms with Gasteiger partial charge < -0.3 is 14.8 Å². The summed E-state index contributed by atoms with van der Waals surface area (Å²) in [5, 5.41) is 2.88. The molecule has 0 spiro atoms. The van der Waals surface area contributed by atoms with Crippen LogP contribution in [0, 0.1) is 11.6 Å². The summed E-state index contributed by atoms with van der Waals surface area (Å²) in [6.07, 6.45) is 1.39. The van der Waals surface area contributed by atoms with Crippen molar-refractivity contribution in [1.82, 2.24) is 23.6 Å². The van der Waals surface area contributed by atoms with Crippen molar-refractivity contribution in [3.8, 4) is 0 Å². The van der Waals surface area contributed by atoms with E-state index in [1.807, 2.05) is 24.3 Å². The number of piperazine rings is 1. The number of carbonyl (C=O) groups is 1. The van der Waals surface area contributed by atoms with Crippen LogP contribution in [0.15, 0.2) is 58.4 Å². The third-order valence-electron chi connectivity index (χ3n) is 7.17. The van der Waals surface area contributed by atoms with Crippen LogP contribution >= 0.6 is 0 Å². The Kier molecular flexibility index (Phi) is 7.04. The molecule has 1 aliphatic heterocycles. The predicted octanol–water partition coefficient (Wildman–Crippen LogP) is 2.23. The minimum atomic E-state index is -0.750. The first-order valence-corrected chi connectivity index (χ1v) is 12.6. The van der Waals surface area contributed by atoms with Crippen molar-refractivity contribution in [3.05, 3.63) is 86.8 Å². The van der Waals surface area contributed by atoms with Crippen molar-refractivity contribution >= 4 is 28.4 Å². The van der Waals surface area contributed by atoms with E-state index in [4.69, 9.17) is 0 Å². The molecule has 1 saturated heterocycles. The van der Waals surface area contributed by atoms with Gasteiger partial charge in [0.05, 0.1) is 6.33 Å². The van der Waals surface area contributed by atoms with Gasteiger partial charge in [-0.2, -0.15) is 0 Å². The lowest BCUT2D eigenvalue weighted by Crippen LogP contribution is -2.46. The lowest BCUT2D eigenvalue weighted by Gasteiger charge is -2.36. The molecular weight excluding hydrogens is 508 g/mol. The highest BCUT2D eigenvalue weighted by atomic mass is 19.1. The molecule has 10 nitrogen and oxygen atoms in total. The fourth-order valence-electron chi connectivity index (χ4n) is 4.91.